The topological polar surface area (TPSA) is 101 Å². The highest BCUT2D eigenvalue weighted by atomic mass is 16.5. The fourth-order valence-electron chi connectivity index (χ4n) is 3.98. The van der Waals surface area contributed by atoms with Crippen LogP contribution in [0.2, 0.25) is 0 Å². The second-order valence-electron chi connectivity index (χ2n) is 8.43. The molecule has 2 N–H and O–H groups in total. The quantitative estimate of drug-likeness (QED) is 0.569. The first-order valence-electron chi connectivity index (χ1n) is 10.9. The van der Waals surface area contributed by atoms with Crippen LogP contribution < -0.4 is 15.6 Å². The first-order chi connectivity index (χ1) is 14.9. The van der Waals surface area contributed by atoms with Gasteiger partial charge in [-0.1, -0.05) is 26.0 Å². The van der Waals surface area contributed by atoms with Crippen molar-refractivity contribution in [2.75, 3.05) is 13.2 Å². The molecule has 0 fully saturated rings. The van der Waals surface area contributed by atoms with E-state index in [9.17, 15) is 9.59 Å². The van der Waals surface area contributed by atoms with Gasteiger partial charge in [-0.3, -0.25) is 14.7 Å². The summed E-state index contributed by atoms with van der Waals surface area (Å²) in [5.74, 6) is 1.79. The van der Waals surface area contributed by atoms with Crippen molar-refractivity contribution in [3.8, 4) is 5.75 Å². The molecule has 0 saturated heterocycles. The zero-order valence-corrected chi connectivity index (χ0v) is 18.3. The summed E-state index contributed by atoms with van der Waals surface area (Å²) in [6.07, 6.45) is 3.65. The van der Waals surface area contributed by atoms with Crippen LogP contribution >= 0.6 is 0 Å². The normalized spacial score (nSPS) is 13.4. The van der Waals surface area contributed by atoms with Crippen molar-refractivity contribution in [2.45, 2.75) is 58.8 Å². The van der Waals surface area contributed by atoms with Gasteiger partial charge in [0.1, 0.15) is 18.2 Å². The molecule has 0 unspecified atom stereocenters. The molecule has 1 aromatic carbocycles. The van der Waals surface area contributed by atoms with E-state index in [1.165, 1.54) is 4.52 Å². The van der Waals surface area contributed by atoms with E-state index in [-0.39, 0.29) is 17.9 Å². The minimum absolute atomic E-state index is 0.0507. The van der Waals surface area contributed by atoms with Gasteiger partial charge in [-0.2, -0.15) is 9.50 Å². The molecule has 0 aliphatic heterocycles. The number of benzene rings is 1. The van der Waals surface area contributed by atoms with Crippen LogP contribution in [0, 0.1) is 6.92 Å². The van der Waals surface area contributed by atoms with Crippen molar-refractivity contribution in [1.29, 1.82) is 0 Å². The molecule has 0 atom stereocenters. The Morgan fingerprint density at radius 3 is 2.87 bits per heavy atom. The second kappa shape index (κ2) is 8.91. The maximum atomic E-state index is 12.7. The summed E-state index contributed by atoms with van der Waals surface area (Å²) in [7, 11) is 0. The van der Waals surface area contributed by atoms with Gasteiger partial charge < -0.3 is 10.1 Å². The summed E-state index contributed by atoms with van der Waals surface area (Å²) < 4.78 is 7.26. The summed E-state index contributed by atoms with van der Waals surface area (Å²) in [5, 5.41) is 5.77. The molecule has 164 valence electrons. The highest BCUT2D eigenvalue weighted by Crippen LogP contribution is 2.27. The maximum absolute atomic E-state index is 12.7. The Hall–Kier alpha value is -3.16. The molecule has 8 heteroatoms. The number of hydrogen-bond acceptors (Lipinski definition) is 5. The Morgan fingerprint density at radius 2 is 2.06 bits per heavy atom. The number of nitrogens with one attached hydrogen (secondary N) is 2. The summed E-state index contributed by atoms with van der Waals surface area (Å²) in [6, 6.07) is 6.19. The van der Waals surface area contributed by atoms with Crippen molar-refractivity contribution < 1.29 is 9.53 Å². The monoisotopic (exact) mass is 423 g/mol. The van der Waals surface area contributed by atoms with Gasteiger partial charge >= 0.3 is 0 Å². The van der Waals surface area contributed by atoms with Gasteiger partial charge in [-0.15, -0.1) is 0 Å². The molecular weight excluding hydrogens is 394 g/mol. The summed E-state index contributed by atoms with van der Waals surface area (Å²) in [6.45, 7) is 7.05. The fraction of sp³-hybridized carbons (Fsp3) is 0.478. The molecule has 0 saturated carbocycles. The number of rotatable bonds is 7. The lowest BCUT2D eigenvalue weighted by molar-refractivity contribution is -0.120. The van der Waals surface area contributed by atoms with Crippen LogP contribution in [-0.4, -0.2) is 38.6 Å². The number of fused-ring (bicyclic) bond motifs is 2. The number of amides is 1. The van der Waals surface area contributed by atoms with Gasteiger partial charge in [0.05, 0.1) is 18.7 Å². The average molecular weight is 424 g/mol. The lowest BCUT2D eigenvalue weighted by atomic mass is 9.97. The number of carbonyl (C=O) groups excluding carboxylic acids is 1. The van der Waals surface area contributed by atoms with Crippen LogP contribution in [0.1, 0.15) is 60.8 Å². The van der Waals surface area contributed by atoms with Crippen molar-refractivity contribution in [1.82, 2.24) is 24.9 Å². The molecule has 1 aliphatic rings. The third kappa shape index (κ3) is 4.62. The molecule has 2 heterocycles. The highest BCUT2D eigenvalue weighted by Gasteiger charge is 2.19. The number of aromatic amines is 1. The highest BCUT2D eigenvalue weighted by molar-refractivity contribution is 5.77. The predicted molar refractivity (Wildman–Crippen MR) is 118 cm³/mol. The van der Waals surface area contributed by atoms with Gasteiger partial charge in [0, 0.05) is 5.56 Å². The van der Waals surface area contributed by atoms with Crippen LogP contribution in [-0.2, 0) is 24.1 Å². The van der Waals surface area contributed by atoms with E-state index in [2.05, 4.69) is 46.4 Å². The number of carbonyl (C=O) groups is 1. The number of hydrogen-bond donors (Lipinski definition) is 2. The molecule has 0 bridgehead atoms. The van der Waals surface area contributed by atoms with Gasteiger partial charge in [0.15, 0.2) is 0 Å². The minimum Gasteiger partial charge on any atom is -0.491 e. The van der Waals surface area contributed by atoms with E-state index >= 15 is 0 Å². The van der Waals surface area contributed by atoms with Crippen LogP contribution in [0.25, 0.3) is 5.78 Å². The van der Waals surface area contributed by atoms with E-state index in [1.54, 1.807) is 0 Å². The third-order valence-corrected chi connectivity index (χ3v) is 5.61. The standard InChI is InChI=1S/C23H29N5O3/c1-14(2)16-9-8-15(3)12-19(16)31-11-10-24-21(29)13-20-26-23-25-18-7-5-4-6-17(18)22(30)28(23)27-20/h8-9,12,14H,4-7,10-11,13H2,1-3H3,(H,24,29)(H,25,26,27). The largest absolute Gasteiger partial charge is 0.491 e. The van der Waals surface area contributed by atoms with Gasteiger partial charge in [-0.05, 0) is 55.7 Å². The minimum atomic E-state index is -0.186. The van der Waals surface area contributed by atoms with E-state index in [1.807, 2.05) is 13.0 Å². The Bertz CT molecular complexity index is 1160. The van der Waals surface area contributed by atoms with E-state index in [0.29, 0.717) is 30.7 Å². The zero-order valence-electron chi connectivity index (χ0n) is 18.3. The van der Waals surface area contributed by atoms with Crippen LogP contribution in [0.5, 0.6) is 5.75 Å². The first-order valence-corrected chi connectivity index (χ1v) is 10.9. The second-order valence-corrected chi connectivity index (χ2v) is 8.43. The number of aryl methyl sites for hydroxylation is 2. The number of H-pyrrole nitrogens is 1. The number of ether oxygens (including phenoxy) is 1. The number of aromatic nitrogens is 4. The third-order valence-electron chi connectivity index (χ3n) is 5.61. The average Bonchev–Trinajstić information content (AvgIpc) is 3.13. The molecule has 0 spiro atoms. The molecule has 3 aromatic rings. The van der Waals surface area contributed by atoms with E-state index < -0.39 is 0 Å². The Kier molecular flexibility index (Phi) is 6.06. The van der Waals surface area contributed by atoms with Crippen molar-refractivity contribution >= 4 is 11.7 Å². The van der Waals surface area contributed by atoms with E-state index in [0.717, 1.165) is 53.8 Å². The number of nitrogens with zero attached hydrogens (tertiary/aromatic N) is 3. The summed E-state index contributed by atoms with van der Waals surface area (Å²) >= 11 is 0. The lowest BCUT2D eigenvalue weighted by Crippen LogP contribution is -2.30. The van der Waals surface area contributed by atoms with Crippen molar-refractivity contribution in [3.05, 3.63) is 56.8 Å². The summed E-state index contributed by atoms with van der Waals surface area (Å²) in [5.41, 5.74) is 3.79. The molecule has 1 aliphatic carbocycles. The molecule has 4 rings (SSSR count). The van der Waals surface area contributed by atoms with Crippen LogP contribution in [0.3, 0.4) is 0 Å². The lowest BCUT2D eigenvalue weighted by Gasteiger charge is -2.15. The SMILES string of the molecule is Cc1ccc(C(C)C)c(OCCNC(=O)Cc2nc3nc4c(c(=O)n3[nH]2)CCCC4)c1. The maximum Gasteiger partial charge on any atom is 0.277 e. The predicted octanol–water partition coefficient (Wildman–Crippen LogP) is 2.47. The molecule has 8 nitrogen and oxygen atoms in total. The Morgan fingerprint density at radius 1 is 1.26 bits per heavy atom. The zero-order chi connectivity index (χ0) is 22.0. The Balaban J connectivity index is 1.34. The van der Waals surface area contributed by atoms with E-state index in [4.69, 9.17) is 4.74 Å². The molecule has 2 aromatic heterocycles. The fourth-order valence-corrected chi connectivity index (χ4v) is 3.98. The van der Waals surface area contributed by atoms with Crippen molar-refractivity contribution in [2.24, 2.45) is 0 Å². The van der Waals surface area contributed by atoms with Crippen LogP contribution in [0.4, 0.5) is 0 Å². The smallest absolute Gasteiger partial charge is 0.277 e. The van der Waals surface area contributed by atoms with Crippen molar-refractivity contribution in [3.63, 3.8) is 0 Å². The molecule has 1 amide bonds. The Labute approximate surface area is 181 Å². The molecule has 0 radical (unpaired) electrons. The van der Waals surface area contributed by atoms with Crippen LogP contribution in [0.15, 0.2) is 23.0 Å². The molecule has 31 heavy (non-hydrogen) atoms. The van der Waals surface area contributed by atoms with Gasteiger partial charge in [-0.25, -0.2) is 4.98 Å². The van der Waals surface area contributed by atoms with Gasteiger partial charge in [0.25, 0.3) is 11.3 Å². The van der Waals surface area contributed by atoms with Gasteiger partial charge in [0.2, 0.25) is 5.91 Å². The first kappa shape index (κ1) is 21.1. The summed E-state index contributed by atoms with van der Waals surface area (Å²) in [4.78, 5) is 33.8. The molecular formula is C23H29N5O3.